The third-order valence-electron chi connectivity index (χ3n) is 4.25. The second kappa shape index (κ2) is 6.01. The van der Waals surface area contributed by atoms with Crippen LogP contribution in [0.2, 0.25) is 5.02 Å². The third kappa shape index (κ3) is 2.76. The summed E-state index contributed by atoms with van der Waals surface area (Å²) in [5, 5.41) is 13.3. The molecule has 5 heteroatoms. The Bertz CT molecular complexity index is 519. The van der Waals surface area contributed by atoms with Gasteiger partial charge >= 0.3 is 0 Å². The molecule has 1 aromatic carbocycles. The van der Waals surface area contributed by atoms with Crippen LogP contribution in [0.15, 0.2) is 18.2 Å². The number of hydrogen-bond acceptors (Lipinski definition) is 4. The van der Waals surface area contributed by atoms with Gasteiger partial charge in [0.2, 0.25) is 0 Å². The smallest absolute Gasteiger partial charge is 0.101 e. The topological polar surface area (TPSA) is 42.3 Å². The first-order valence-corrected chi connectivity index (χ1v) is 7.55. The van der Waals surface area contributed by atoms with Crippen molar-refractivity contribution in [3.8, 4) is 6.07 Å². The third-order valence-corrected chi connectivity index (χ3v) is 4.49. The van der Waals surface area contributed by atoms with Crippen molar-refractivity contribution in [3.05, 3.63) is 28.8 Å². The van der Waals surface area contributed by atoms with Crippen LogP contribution in [-0.4, -0.2) is 50.2 Å². The van der Waals surface area contributed by atoms with Crippen LogP contribution in [0.3, 0.4) is 0 Å². The molecule has 2 heterocycles. The number of nitrogens with zero attached hydrogens (tertiary/aromatic N) is 3. The lowest BCUT2D eigenvalue weighted by Gasteiger charge is -2.32. The van der Waals surface area contributed by atoms with Crippen molar-refractivity contribution in [1.82, 2.24) is 10.2 Å². The maximum Gasteiger partial charge on any atom is 0.101 e. The zero-order valence-electron chi connectivity index (χ0n) is 11.5. The van der Waals surface area contributed by atoms with Crippen LogP contribution in [0.1, 0.15) is 12.0 Å². The highest BCUT2D eigenvalue weighted by Crippen LogP contribution is 2.28. The highest BCUT2D eigenvalue weighted by Gasteiger charge is 2.29. The lowest BCUT2D eigenvalue weighted by molar-refractivity contribution is 0.185. The largest absolute Gasteiger partial charge is 0.369 e. The van der Waals surface area contributed by atoms with Gasteiger partial charge in [0.05, 0.1) is 11.3 Å². The molecule has 2 aliphatic rings. The molecule has 1 unspecified atom stereocenters. The van der Waals surface area contributed by atoms with Crippen LogP contribution in [0.5, 0.6) is 0 Å². The summed E-state index contributed by atoms with van der Waals surface area (Å²) in [7, 11) is 0. The van der Waals surface area contributed by atoms with Gasteiger partial charge in [-0.05, 0) is 24.6 Å². The lowest BCUT2D eigenvalue weighted by Crippen LogP contribution is -2.49. The van der Waals surface area contributed by atoms with E-state index in [2.05, 4.69) is 21.2 Å². The van der Waals surface area contributed by atoms with Crippen LogP contribution < -0.4 is 10.2 Å². The summed E-state index contributed by atoms with van der Waals surface area (Å²) >= 11 is 5.97. The van der Waals surface area contributed by atoms with Crippen molar-refractivity contribution in [3.63, 3.8) is 0 Å². The number of hydrogen-bond donors (Lipinski definition) is 1. The van der Waals surface area contributed by atoms with Crippen LogP contribution in [0, 0.1) is 11.3 Å². The molecule has 1 N–H and O–H groups in total. The van der Waals surface area contributed by atoms with E-state index in [0.717, 1.165) is 45.0 Å². The van der Waals surface area contributed by atoms with Gasteiger partial charge in [-0.3, -0.25) is 4.90 Å². The number of anilines is 1. The first-order valence-electron chi connectivity index (χ1n) is 7.17. The monoisotopic (exact) mass is 290 g/mol. The van der Waals surface area contributed by atoms with Crippen LogP contribution >= 0.6 is 11.6 Å². The molecule has 0 saturated carbocycles. The van der Waals surface area contributed by atoms with Gasteiger partial charge in [-0.1, -0.05) is 11.6 Å². The molecule has 2 saturated heterocycles. The Morgan fingerprint density at radius 3 is 2.80 bits per heavy atom. The van der Waals surface area contributed by atoms with Gasteiger partial charge < -0.3 is 10.2 Å². The zero-order chi connectivity index (χ0) is 13.9. The second-order valence-electron chi connectivity index (χ2n) is 5.45. The van der Waals surface area contributed by atoms with Gasteiger partial charge in [0, 0.05) is 50.3 Å². The van der Waals surface area contributed by atoms with Crippen LogP contribution in [0.25, 0.3) is 0 Å². The van der Waals surface area contributed by atoms with Gasteiger partial charge in [0.1, 0.15) is 6.07 Å². The molecule has 2 aliphatic heterocycles. The van der Waals surface area contributed by atoms with Gasteiger partial charge in [-0.2, -0.15) is 5.26 Å². The molecule has 20 heavy (non-hydrogen) atoms. The summed E-state index contributed by atoms with van der Waals surface area (Å²) in [6, 6.07) is 8.47. The molecule has 1 aromatic rings. The summed E-state index contributed by atoms with van der Waals surface area (Å²) in [5.41, 5.74) is 1.70. The molecule has 0 bridgehead atoms. The van der Waals surface area contributed by atoms with Gasteiger partial charge in [0.25, 0.3) is 0 Å². The Balaban J connectivity index is 1.72. The molecule has 1 atom stereocenters. The minimum Gasteiger partial charge on any atom is -0.369 e. The zero-order valence-corrected chi connectivity index (χ0v) is 12.2. The van der Waals surface area contributed by atoms with Crippen molar-refractivity contribution in [2.75, 3.05) is 44.2 Å². The Morgan fingerprint density at radius 2 is 2.05 bits per heavy atom. The minimum atomic E-state index is 0.610. The van der Waals surface area contributed by atoms with Gasteiger partial charge in [0.15, 0.2) is 0 Å². The summed E-state index contributed by atoms with van der Waals surface area (Å²) in [6.45, 7) is 6.46. The molecule has 0 aliphatic carbocycles. The molecule has 4 nitrogen and oxygen atoms in total. The van der Waals surface area contributed by atoms with E-state index in [1.807, 2.05) is 12.1 Å². The Labute approximate surface area is 124 Å². The highest BCUT2D eigenvalue weighted by molar-refractivity contribution is 6.30. The van der Waals surface area contributed by atoms with Crippen molar-refractivity contribution in [2.24, 2.45) is 0 Å². The first kappa shape index (κ1) is 13.7. The Hall–Kier alpha value is -1.28. The highest BCUT2D eigenvalue weighted by atomic mass is 35.5. The Morgan fingerprint density at radius 1 is 1.25 bits per heavy atom. The van der Waals surface area contributed by atoms with Crippen molar-refractivity contribution in [1.29, 1.82) is 5.26 Å². The SMILES string of the molecule is N#Cc1cc(Cl)ccc1N1CCC(N2CCNCC2)C1. The fourth-order valence-electron chi connectivity index (χ4n) is 3.18. The van der Waals surface area contributed by atoms with E-state index < -0.39 is 0 Å². The maximum absolute atomic E-state index is 9.26. The van der Waals surface area contributed by atoms with Crippen molar-refractivity contribution in [2.45, 2.75) is 12.5 Å². The van der Waals surface area contributed by atoms with E-state index in [4.69, 9.17) is 11.6 Å². The normalized spacial score (nSPS) is 23.8. The fraction of sp³-hybridized carbons (Fsp3) is 0.533. The molecule has 0 spiro atoms. The van der Waals surface area contributed by atoms with Crippen LogP contribution in [-0.2, 0) is 0 Å². The molecule has 3 rings (SSSR count). The molecule has 0 amide bonds. The number of halogens is 1. The number of nitriles is 1. The molecule has 106 valence electrons. The predicted molar refractivity (Wildman–Crippen MR) is 81.2 cm³/mol. The van der Waals surface area contributed by atoms with Crippen molar-refractivity contribution < 1.29 is 0 Å². The summed E-state index contributed by atoms with van der Waals surface area (Å²) in [4.78, 5) is 4.89. The molecular weight excluding hydrogens is 272 g/mol. The molecule has 0 aromatic heterocycles. The molecule has 0 radical (unpaired) electrons. The number of piperazine rings is 1. The van der Waals surface area contributed by atoms with Gasteiger partial charge in [-0.15, -0.1) is 0 Å². The van der Waals surface area contributed by atoms with E-state index in [0.29, 0.717) is 16.6 Å². The van der Waals surface area contributed by atoms with Gasteiger partial charge in [-0.25, -0.2) is 0 Å². The number of nitrogens with one attached hydrogen (secondary N) is 1. The average Bonchev–Trinajstić information content (AvgIpc) is 2.97. The quantitative estimate of drug-likeness (QED) is 0.900. The van der Waals surface area contributed by atoms with Crippen molar-refractivity contribution >= 4 is 17.3 Å². The summed E-state index contributed by atoms with van der Waals surface area (Å²) in [5.74, 6) is 0. The molecule has 2 fully saturated rings. The fourth-order valence-corrected chi connectivity index (χ4v) is 3.35. The standard InChI is InChI=1S/C15H19ClN4/c16-13-1-2-15(12(9-13)10-17)20-6-3-14(11-20)19-7-4-18-5-8-19/h1-2,9,14,18H,3-8,11H2. The average molecular weight is 291 g/mol. The van der Waals surface area contributed by atoms with E-state index in [-0.39, 0.29) is 0 Å². The first-order chi connectivity index (χ1) is 9.78. The number of rotatable bonds is 2. The second-order valence-corrected chi connectivity index (χ2v) is 5.88. The summed E-state index contributed by atoms with van der Waals surface area (Å²) in [6.07, 6.45) is 1.17. The number of benzene rings is 1. The minimum absolute atomic E-state index is 0.610. The summed E-state index contributed by atoms with van der Waals surface area (Å²) < 4.78 is 0. The van der Waals surface area contributed by atoms with E-state index in [1.165, 1.54) is 6.42 Å². The van der Waals surface area contributed by atoms with E-state index in [1.54, 1.807) is 6.07 Å². The van der Waals surface area contributed by atoms with Crippen LogP contribution in [0.4, 0.5) is 5.69 Å². The van der Waals surface area contributed by atoms with E-state index in [9.17, 15) is 5.26 Å². The van der Waals surface area contributed by atoms with E-state index >= 15 is 0 Å². The maximum atomic E-state index is 9.26. The molecular formula is C15H19ClN4. The predicted octanol–water partition coefficient (Wildman–Crippen LogP) is 1.70. The Kier molecular flexibility index (Phi) is 4.11. The lowest BCUT2D eigenvalue weighted by atomic mass is 10.2.